The minimum absolute atomic E-state index is 0.168. The molecule has 1 aliphatic rings. The molecule has 2 nitrogen and oxygen atoms in total. The molecule has 70 valence electrons. The third-order valence-electron chi connectivity index (χ3n) is 2.63. The molecule has 2 aromatic rings. The first-order chi connectivity index (χ1) is 6.77. The number of fused-ring (bicyclic) bond motifs is 3. The molecule has 0 N–H and O–H groups in total. The predicted octanol–water partition coefficient (Wildman–Crippen LogP) is 2.49. The van der Waals surface area contributed by atoms with E-state index in [2.05, 4.69) is 12.1 Å². The molecule has 0 fully saturated rings. The zero-order valence-corrected chi connectivity index (χ0v) is 8.60. The van der Waals surface area contributed by atoms with Crippen molar-refractivity contribution in [3.05, 3.63) is 34.7 Å². The zero-order valence-electron chi connectivity index (χ0n) is 7.78. The van der Waals surface area contributed by atoms with Crippen LogP contribution in [0.4, 0.5) is 0 Å². The van der Waals surface area contributed by atoms with Crippen LogP contribution in [0.3, 0.4) is 0 Å². The van der Waals surface area contributed by atoms with Crippen molar-refractivity contribution in [1.82, 2.24) is 4.90 Å². The van der Waals surface area contributed by atoms with Crippen LogP contribution in [0.5, 0.6) is 0 Å². The van der Waals surface area contributed by atoms with E-state index in [9.17, 15) is 4.79 Å². The Morgan fingerprint density at radius 2 is 2.14 bits per heavy atom. The Balaban J connectivity index is 2.36. The number of carbonyl (C=O) groups excluding carboxylic acids is 1. The van der Waals surface area contributed by atoms with Crippen LogP contribution in [-0.2, 0) is 6.54 Å². The molecule has 14 heavy (non-hydrogen) atoms. The minimum Gasteiger partial charge on any atom is -0.337 e. The van der Waals surface area contributed by atoms with Gasteiger partial charge in [-0.15, -0.1) is 11.3 Å². The highest BCUT2D eigenvalue weighted by molar-refractivity contribution is 7.21. The summed E-state index contributed by atoms with van der Waals surface area (Å²) in [6, 6.07) is 8.21. The fraction of sp³-hybridized carbons (Fsp3) is 0.182. The standard InChI is InChI=1S/C11H9NOS/c1-12-6-8-7-4-2-3-5-9(7)14-10(8)11(12)13/h2-5H,6H2,1H3. The fourth-order valence-electron chi connectivity index (χ4n) is 1.91. The summed E-state index contributed by atoms with van der Waals surface area (Å²) >= 11 is 1.61. The van der Waals surface area contributed by atoms with Gasteiger partial charge in [-0.05, 0) is 11.5 Å². The van der Waals surface area contributed by atoms with E-state index in [-0.39, 0.29) is 5.91 Å². The van der Waals surface area contributed by atoms with Crippen molar-refractivity contribution in [2.24, 2.45) is 0 Å². The summed E-state index contributed by atoms with van der Waals surface area (Å²) in [7, 11) is 1.85. The number of benzene rings is 1. The lowest BCUT2D eigenvalue weighted by molar-refractivity contribution is 0.0820. The van der Waals surface area contributed by atoms with Crippen LogP contribution in [0.1, 0.15) is 15.2 Å². The maximum Gasteiger partial charge on any atom is 0.264 e. The van der Waals surface area contributed by atoms with Crippen molar-refractivity contribution in [3.63, 3.8) is 0 Å². The highest BCUT2D eigenvalue weighted by Gasteiger charge is 2.28. The minimum atomic E-state index is 0.168. The van der Waals surface area contributed by atoms with Crippen molar-refractivity contribution in [1.29, 1.82) is 0 Å². The van der Waals surface area contributed by atoms with Gasteiger partial charge in [-0.2, -0.15) is 0 Å². The Bertz CT molecular complexity index is 529. The van der Waals surface area contributed by atoms with Gasteiger partial charge in [0.05, 0.1) is 4.88 Å². The van der Waals surface area contributed by atoms with Crippen molar-refractivity contribution in [2.75, 3.05) is 7.05 Å². The molecule has 1 aromatic heterocycles. The first-order valence-corrected chi connectivity index (χ1v) is 5.35. The van der Waals surface area contributed by atoms with Crippen LogP contribution >= 0.6 is 11.3 Å². The third kappa shape index (κ3) is 0.876. The average Bonchev–Trinajstić information content (AvgIpc) is 2.67. The smallest absolute Gasteiger partial charge is 0.264 e. The van der Waals surface area contributed by atoms with E-state index >= 15 is 0 Å². The second-order valence-electron chi connectivity index (χ2n) is 3.57. The molecule has 0 atom stereocenters. The Morgan fingerprint density at radius 1 is 1.36 bits per heavy atom. The SMILES string of the molecule is CN1Cc2c(sc3ccccc23)C1=O. The lowest BCUT2D eigenvalue weighted by atomic mass is 10.1. The summed E-state index contributed by atoms with van der Waals surface area (Å²) in [4.78, 5) is 14.4. The van der Waals surface area contributed by atoms with Gasteiger partial charge in [-0.1, -0.05) is 18.2 Å². The zero-order chi connectivity index (χ0) is 9.71. The fourth-order valence-corrected chi connectivity index (χ4v) is 3.12. The summed E-state index contributed by atoms with van der Waals surface area (Å²) < 4.78 is 1.22. The highest BCUT2D eigenvalue weighted by atomic mass is 32.1. The number of carbonyl (C=O) groups is 1. The highest BCUT2D eigenvalue weighted by Crippen LogP contribution is 2.36. The van der Waals surface area contributed by atoms with Crippen LogP contribution in [0, 0.1) is 0 Å². The van der Waals surface area contributed by atoms with Crippen LogP contribution in [0.25, 0.3) is 10.1 Å². The molecule has 0 bridgehead atoms. The van der Waals surface area contributed by atoms with Gasteiger partial charge in [0.25, 0.3) is 5.91 Å². The molecular weight excluding hydrogens is 194 g/mol. The average molecular weight is 203 g/mol. The summed E-state index contributed by atoms with van der Waals surface area (Å²) in [5.41, 5.74) is 1.21. The first-order valence-electron chi connectivity index (χ1n) is 4.53. The number of nitrogens with zero attached hydrogens (tertiary/aromatic N) is 1. The van der Waals surface area contributed by atoms with Gasteiger partial charge in [0.2, 0.25) is 0 Å². The van der Waals surface area contributed by atoms with Crippen LogP contribution in [0.2, 0.25) is 0 Å². The van der Waals surface area contributed by atoms with Gasteiger partial charge in [0.1, 0.15) is 0 Å². The lowest BCUT2D eigenvalue weighted by Gasteiger charge is -2.06. The van der Waals surface area contributed by atoms with Crippen molar-refractivity contribution in [3.8, 4) is 0 Å². The van der Waals surface area contributed by atoms with Crippen molar-refractivity contribution in [2.45, 2.75) is 6.54 Å². The molecule has 0 unspecified atom stereocenters. The molecule has 0 spiro atoms. The Hall–Kier alpha value is -1.35. The summed E-state index contributed by atoms with van der Waals surface area (Å²) in [5.74, 6) is 0.168. The molecule has 0 radical (unpaired) electrons. The Kier molecular flexibility index (Phi) is 1.47. The third-order valence-corrected chi connectivity index (χ3v) is 3.84. The summed E-state index contributed by atoms with van der Waals surface area (Å²) in [5, 5.41) is 1.24. The van der Waals surface area contributed by atoms with Gasteiger partial charge in [-0.25, -0.2) is 0 Å². The predicted molar refractivity (Wildman–Crippen MR) is 57.6 cm³/mol. The monoisotopic (exact) mass is 203 g/mol. The molecule has 0 saturated heterocycles. The van der Waals surface area contributed by atoms with E-state index in [0.29, 0.717) is 0 Å². The number of hydrogen-bond donors (Lipinski definition) is 0. The molecular formula is C11H9NOS. The first kappa shape index (κ1) is 8.00. The second kappa shape index (κ2) is 2.58. The lowest BCUT2D eigenvalue weighted by Crippen LogP contribution is -2.17. The molecule has 1 amide bonds. The van der Waals surface area contributed by atoms with Crippen molar-refractivity contribution >= 4 is 27.3 Å². The van der Waals surface area contributed by atoms with Crippen molar-refractivity contribution < 1.29 is 4.79 Å². The van der Waals surface area contributed by atoms with Gasteiger partial charge in [0, 0.05) is 23.9 Å². The molecule has 3 rings (SSSR count). The summed E-state index contributed by atoms with van der Waals surface area (Å²) in [6.45, 7) is 0.762. The maximum atomic E-state index is 11.7. The molecule has 0 saturated carbocycles. The van der Waals surface area contributed by atoms with Crippen LogP contribution < -0.4 is 0 Å². The topological polar surface area (TPSA) is 20.3 Å². The number of rotatable bonds is 0. The molecule has 1 aromatic carbocycles. The van der Waals surface area contributed by atoms with Crippen LogP contribution in [0.15, 0.2) is 24.3 Å². The number of amides is 1. The number of thiophene rings is 1. The van der Waals surface area contributed by atoms with E-state index in [1.54, 1.807) is 16.2 Å². The van der Waals surface area contributed by atoms with E-state index in [1.165, 1.54) is 15.6 Å². The van der Waals surface area contributed by atoms with E-state index in [1.807, 2.05) is 19.2 Å². The molecule has 2 heterocycles. The van der Waals surface area contributed by atoms with Gasteiger partial charge < -0.3 is 4.90 Å². The van der Waals surface area contributed by atoms with E-state index in [0.717, 1.165) is 11.4 Å². The van der Waals surface area contributed by atoms with E-state index < -0.39 is 0 Å². The Morgan fingerprint density at radius 3 is 3.00 bits per heavy atom. The molecule has 0 aliphatic carbocycles. The molecule has 1 aliphatic heterocycles. The van der Waals surface area contributed by atoms with Gasteiger partial charge in [0.15, 0.2) is 0 Å². The quantitative estimate of drug-likeness (QED) is 0.644. The number of hydrogen-bond acceptors (Lipinski definition) is 2. The second-order valence-corrected chi connectivity index (χ2v) is 4.62. The summed E-state index contributed by atoms with van der Waals surface area (Å²) in [6.07, 6.45) is 0. The van der Waals surface area contributed by atoms with E-state index in [4.69, 9.17) is 0 Å². The largest absolute Gasteiger partial charge is 0.337 e. The van der Waals surface area contributed by atoms with Gasteiger partial charge >= 0.3 is 0 Å². The normalized spacial score (nSPS) is 15.2. The van der Waals surface area contributed by atoms with Gasteiger partial charge in [-0.3, -0.25) is 4.79 Å². The Labute approximate surface area is 85.8 Å². The maximum absolute atomic E-state index is 11.7. The molecule has 3 heteroatoms. The van der Waals surface area contributed by atoms with Crippen LogP contribution in [-0.4, -0.2) is 17.9 Å².